The first-order valence-corrected chi connectivity index (χ1v) is 5.28. The van der Waals surface area contributed by atoms with Crippen molar-refractivity contribution in [2.24, 2.45) is 11.1 Å². The average molecular weight is 245 g/mol. The van der Waals surface area contributed by atoms with Gasteiger partial charge in [-0.3, -0.25) is 0 Å². The van der Waals surface area contributed by atoms with Gasteiger partial charge in [0.1, 0.15) is 5.75 Å². The van der Waals surface area contributed by atoms with Crippen molar-refractivity contribution in [3.63, 3.8) is 0 Å². The first-order chi connectivity index (χ1) is 7.88. The number of hydrogen-bond donors (Lipinski definition) is 2. The molecule has 17 heavy (non-hydrogen) atoms. The van der Waals surface area contributed by atoms with Crippen LogP contribution in [0, 0.1) is 5.41 Å². The van der Waals surface area contributed by atoms with E-state index in [-0.39, 0.29) is 12.4 Å². The summed E-state index contributed by atoms with van der Waals surface area (Å²) in [5.41, 5.74) is 5.83. The second-order valence-electron chi connectivity index (χ2n) is 4.54. The molecule has 0 aromatic heterocycles. The van der Waals surface area contributed by atoms with E-state index in [0.29, 0.717) is 5.56 Å². The van der Waals surface area contributed by atoms with Gasteiger partial charge in [-0.05, 0) is 6.07 Å². The van der Waals surface area contributed by atoms with Gasteiger partial charge in [0.2, 0.25) is 0 Å². The van der Waals surface area contributed by atoms with Gasteiger partial charge in [0.05, 0.1) is 0 Å². The van der Waals surface area contributed by atoms with Crippen molar-refractivity contribution in [2.75, 3.05) is 6.61 Å². The fourth-order valence-corrected chi connectivity index (χ4v) is 1.46. The van der Waals surface area contributed by atoms with Crippen molar-refractivity contribution >= 4 is 0 Å². The number of nitrogens with two attached hydrogens (primary N) is 1. The largest absolute Gasteiger partial charge is 0.434 e. The minimum absolute atomic E-state index is 0.0523. The molecule has 0 heterocycles. The van der Waals surface area contributed by atoms with E-state index < -0.39 is 18.1 Å². The molecule has 0 spiro atoms. The first kappa shape index (κ1) is 13.9. The standard InChI is InChI=1S/C12H17F2NO2/c1-12(2,7-16)10(15)8-5-3-4-6-9(8)17-11(13)14/h3-6,10-11,16H,7,15H2,1-2H3/t10-/m1/s1. The molecule has 0 saturated heterocycles. The molecule has 0 aliphatic rings. The molecule has 0 amide bonds. The second kappa shape index (κ2) is 5.42. The molecule has 3 nitrogen and oxygen atoms in total. The zero-order valence-corrected chi connectivity index (χ0v) is 9.86. The zero-order chi connectivity index (χ0) is 13.1. The van der Waals surface area contributed by atoms with Crippen LogP contribution in [0.4, 0.5) is 8.78 Å². The number of para-hydroxylation sites is 1. The van der Waals surface area contributed by atoms with E-state index in [9.17, 15) is 13.9 Å². The Balaban J connectivity index is 3.04. The van der Waals surface area contributed by atoms with Crippen molar-refractivity contribution < 1.29 is 18.6 Å². The van der Waals surface area contributed by atoms with Gasteiger partial charge in [-0.2, -0.15) is 8.78 Å². The van der Waals surface area contributed by atoms with E-state index in [0.717, 1.165) is 0 Å². The lowest BCUT2D eigenvalue weighted by Gasteiger charge is -2.30. The fourth-order valence-electron chi connectivity index (χ4n) is 1.46. The molecule has 1 rings (SSSR count). The predicted octanol–water partition coefficient (Wildman–Crippen LogP) is 2.31. The highest BCUT2D eigenvalue weighted by molar-refractivity contribution is 5.36. The summed E-state index contributed by atoms with van der Waals surface area (Å²) in [6.45, 7) is 0.491. The molecule has 0 bridgehead atoms. The van der Waals surface area contributed by atoms with Crippen LogP contribution in [-0.2, 0) is 0 Å². The van der Waals surface area contributed by atoms with E-state index in [4.69, 9.17) is 5.73 Å². The van der Waals surface area contributed by atoms with Crippen molar-refractivity contribution in [2.45, 2.75) is 26.5 Å². The summed E-state index contributed by atoms with van der Waals surface area (Å²) < 4.78 is 28.9. The van der Waals surface area contributed by atoms with Gasteiger partial charge in [-0.25, -0.2) is 0 Å². The van der Waals surface area contributed by atoms with Crippen molar-refractivity contribution in [1.29, 1.82) is 0 Å². The number of hydrogen-bond acceptors (Lipinski definition) is 3. The van der Waals surface area contributed by atoms with Crippen LogP contribution in [0.2, 0.25) is 0 Å². The van der Waals surface area contributed by atoms with Gasteiger partial charge >= 0.3 is 6.61 Å². The smallest absolute Gasteiger partial charge is 0.387 e. The summed E-state index contributed by atoms with van der Waals surface area (Å²) in [4.78, 5) is 0. The van der Waals surface area contributed by atoms with Gasteiger partial charge < -0.3 is 15.6 Å². The average Bonchev–Trinajstić information content (AvgIpc) is 2.28. The van der Waals surface area contributed by atoms with Gasteiger partial charge in [-0.15, -0.1) is 0 Å². The third kappa shape index (κ3) is 3.38. The molecule has 0 aliphatic heterocycles. The third-order valence-corrected chi connectivity index (χ3v) is 2.72. The second-order valence-corrected chi connectivity index (χ2v) is 4.54. The number of halogens is 2. The molecule has 96 valence electrons. The molecular formula is C12H17F2NO2. The lowest BCUT2D eigenvalue weighted by atomic mass is 9.81. The van der Waals surface area contributed by atoms with E-state index in [1.54, 1.807) is 32.0 Å². The summed E-state index contributed by atoms with van der Waals surface area (Å²) in [6, 6.07) is 5.78. The summed E-state index contributed by atoms with van der Waals surface area (Å²) >= 11 is 0. The highest BCUT2D eigenvalue weighted by Crippen LogP contribution is 2.35. The topological polar surface area (TPSA) is 55.5 Å². The van der Waals surface area contributed by atoms with Crippen molar-refractivity contribution in [3.8, 4) is 5.75 Å². The molecular weight excluding hydrogens is 228 g/mol. The Labute approximate surface area is 99.2 Å². The number of aliphatic hydroxyl groups is 1. The number of alkyl halides is 2. The molecule has 3 N–H and O–H groups in total. The molecule has 0 aliphatic carbocycles. The monoisotopic (exact) mass is 245 g/mol. The van der Waals surface area contributed by atoms with Crippen LogP contribution in [0.1, 0.15) is 25.5 Å². The van der Waals surface area contributed by atoms with Crippen LogP contribution in [0.15, 0.2) is 24.3 Å². The zero-order valence-electron chi connectivity index (χ0n) is 9.86. The Bertz CT molecular complexity index is 369. The van der Waals surface area contributed by atoms with Gasteiger partial charge in [0.25, 0.3) is 0 Å². The molecule has 1 aromatic rings. The minimum Gasteiger partial charge on any atom is -0.434 e. The van der Waals surface area contributed by atoms with Crippen molar-refractivity contribution in [3.05, 3.63) is 29.8 Å². The molecule has 5 heteroatoms. The molecule has 1 atom stereocenters. The summed E-state index contributed by atoms with van der Waals surface area (Å²) in [7, 11) is 0. The Hall–Kier alpha value is -1.20. The summed E-state index contributed by atoms with van der Waals surface area (Å²) in [5, 5.41) is 9.23. The normalized spacial score (nSPS) is 13.8. The highest BCUT2D eigenvalue weighted by Gasteiger charge is 2.29. The lowest BCUT2D eigenvalue weighted by molar-refractivity contribution is -0.0511. The van der Waals surface area contributed by atoms with Gasteiger partial charge in [0.15, 0.2) is 0 Å². The minimum atomic E-state index is -2.89. The Morgan fingerprint density at radius 2 is 1.94 bits per heavy atom. The highest BCUT2D eigenvalue weighted by atomic mass is 19.3. The van der Waals surface area contributed by atoms with Crippen LogP contribution >= 0.6 is 0 Å². The number of benzene rings is 1. The van der Waals surface area contributed by atoms with Crippen LogP contribution in [0.25, 0.3) is 0 Å². The molecule has 0 radical (unpaired) electrons. The number of rotatable bonds is 5. The number of ether oxygens (including phenoxy) is 1. The summed E-state index contributed by atoms with van der Waals surface area (Å²) in [6.07, 6.45) is 0. The quantitative estimate of drug-likeness (QED) is 0.837. The molecule has 0 unspecified atom stereocenters. The molecule has 0 fully saturated rings. The molecule has 1 aromatic carbocycles. The SMILES string of the molecule is CC(C)(CO)[C@H](N)c1ccccc1OC(F)F. The molecule has 0 saturated carbocycles. The van der Waals surface area contributed by atoms with Gasteiger partial charge in [-0.1, -0.05) is 32.0 Å². The van der Waals surface area contributed by atoms with Crippen LogP contribution in [-0.4, -0.2) is 18.3 Å². The van der Waals surface area contributed by atoms with E-state index in [1.165, 1.54) is 6.07 Å². The Morgan fingerprint density at radius 1 is 1.35 bits per heavy atom. The predicted molar refractivity (Wildman–Crippen MR) is 60.9 cm³/mol. The van der Waals surface area contributed by atoms with Gasteiger partial charge in [0, 0.05) is 23.6 Å². The third-order valence-electron chi connectivity index (χ3n) is 2.72. The van der Waals surface area contributed by atoms with E-state index in [2.05, 4.69) is 4.74 Å². The number of aliphatic hydroxyl groups excluding tert-OH is 1. The van der Waals surface area contributed by atoms with E-state index in [1.807, 2.05) is 0 Å². The fraction of sp³-hybridized carbons (Fsp3) is 0.500. The van der Waals surface area contributed by atoms with Crippen molar-refractivity contribution in [1.82, 2.24) is 0 Å². The maximum absolute atomic E-state index is 12.2. The summed E-state index contributed by atoms with van der Waals surface area (Å²) in [5.74, 6) is 0.0523. The Kier molecular flexibility index (Phi) is 4.42. The van der Waals surface area contributed by atoms with Crippen LogP contribution < -0.4 is 10.5 Å². The lowest BCUT2D eigenvalue weighted by Crippen LogP contribution is -2.32. The Morgan fingerprint density at radius 3 is 2.47 bits per heavy atom. The van der Waals surface area contributed by atoms with E-state index >= 15 is 0 Å². The maximum Gasteiger partial charge on any atom is 0.387 e. The van der Waals surface area contributed by atoms with Crippen LogP contribution in [0.5, 0.6) is 5.75 Å². The van der Waals surface area contributed by atoms with Crippen LogP contribution in [0.3, 0.4) is 0 Å². The maximum atomic E-state index is 12.2. The first-order valence-electron chi connectivity index (χ1n) is 5.28.